The summed E-state index contributed by atoms with van der Waals surface area (Å²) in [5, 5.41) is 0. The highest BCUT2D eigenvalue weighted by atomic mass is 14.5. The summed E-state index contributed by atoms with van der Waals surface area (Å²) in [5.74, 6) is 7.78. The summed E-state index contributed by atoms with van der Waals surface area (Å²) >= 11 is 0. The Morgan fingerprint density at radius 2 is 1.00 bits per heavy atom. The minimum atomic E-state index is 0.951. The van der Waals surface area contributed by atoms with E-state index in [2.05, 4.69) is 41.5 Å². The molecule has 0 heterocycles. The van der Waals surface area contributed by atoms with Crippen molar-refractivity contribution in [2.75, 3.05) is 0 Å². The summed E-state index contributed by atoms with van der Waals surface area (Å²) in [4.78, 5) is 0. The Hall–Kier alpha value is 0. The molecule has 112 valence electrons. The van der Waals surface area contributed by atoms with Crippen molar-refractivity contribution >= 4 is 0 Å². The first-order valence-electron chi connectivity index (χ1n) is 8.93. The van der Waals surface area contributed by atoms with Crippen molar-refractivity contribution in [1.29, 1.82) is 0 Å². The molecule has 0 aromatic heterocycles. The maximum atomic E-state index is 2.56. The maximum absolute atomic E-state index is 2.56. The second kappa shape index (κ2) is 6.19. The third-order valence-electron chi connectivity index (χ3n) is 6.61. The van der Waals surface area contributed by atoms with Crippen LogP contribution in [0.15, 0.2) is 0 Å². The number of hydrogen-bond donors (Lipinski definition) is 0. The maximum Gasteiger partial charge on any atom is -0.0329 e. The monoisotopic (exact) mass is 264 g/mol. The molecule has 2 aliphatic carbocycles. The lowest BCUT2D eigenvalue weighted by molar-refractivity contribution is -0.00873. The Morgan fingerprint density at radius 1 is 0.632 bits per heavy atom. The molecule has 4 unspecified atom stereocenters. The first kappa shape index (κ1) is 15.4. The Labute approximate surface area is 121 Å². The van der Waals surface area contributed by atoms with E-state index in [-0.39, 0.29) is 0 Å². The smallest absolute Gasteiger partial charge is 0.0329 e. The van der Waals surface area contributed by atoms with Gasteiger partial charge in [-0.05, 0) is 73.0 Å². The predicted molar refractivity (Wildman–Crippen MR) is 85.0 cm³/mol. The Kier molecular flexibility index (Phi) is 5.01. The Morgan fingerprint density at radius 3 is 1.37 bits per heavy atom. The highest BCUT2D eigenvalue weighted by molar-refractivity contribution is 4.92. The molecule has 8 atom stereocenters. The lowest BCUT2D eigenvalue weighted by Gasteiger charge is -2.50. The highest BCUT2D eigenvalue weighted by Gasteiger charge is 2.43. The molecule has 0 aliphatic heterocycles. The van der Waals surface area contributed by atoms with Gasteiger partial charge in [-0.25, -0.2) is 0 Å². The van der Waals surface area contributed by atoms with E-state index in [1.54, 1.807) is 0 Å². The molecule has 0 saturated heterocycles. The van der Waals surface area contributed by atoms with Crippen LogP contribution in [0.25, 0.3) is 0 Å². The first-order chi connectivity index (χ1) is 8.93. The van der Waals surface area contributed by atoms with Crippen LogP contribution in [-0.2, 0) is 0 Å². The lowest BCUT2D eigenvalue weighted by atomic mass is 9.55. The molecule has 0 spiro atoms. The average molecular weight is 264 g/mol. The van der Waals surface area contributed by atoms with Gasteiger partial charge >= 0.3 is 0 Å². The fraction of sp³-hybridized carbons (Fsp3) is 1.00. The summed E-state index contributed by atoms with van der Waals surface area (Å²) in [5.41, 5.74) is 0. The molecule has 2 aliphatic rings. The zero-order chi connectivity index (χ0) is 14.2. The SMILES string of the molecule is CCC1C[C@@H](C)C(C2[C@H](C)CC(C)C[C@@H]2C)[C@@H](C)C1. The summed E-state index contributed by atoms with van der Waals surface area (Å²) in [7, 11) is 0. The summed E-state index contributed by atoms with van der Waals surface area (Å²) in [6, 6.07) is 0. The molecule has 0 bridgehead atoms. The van der Waals surface area contributed by atoms with Gasteiger partial charge in [-0.2, -0.15) is 0 Å². The molecule has 0 aromatic rings. The van der Waals surface area contributed by atoms with Gasteiger partial charge in [0.05, 0.1) is 0 Å². The van der Waals surface area contributed by atoms with Gasteiger partial charge < -0.3 is 0 Å². The molecule has 0 nitrogen and oxygen atoms in total. The molecule has 0 radical (unpaired) electrons. The fourth-order valence-electron chi connectivity index (χ4n) is 6.11. The van der Waals surface area contributed by atoms with Crippen LogP contribution in [0.1, 0.15) is 73.6 Å². The van der Waals surface area contributed by atoms with Crippen LogP contribution in [0.2, 0.25) is 0 Å². The molecule has 0 N–H and O–H groups in total. The van der Waals surface area contributed by atoms with Gasteiger partial charge in [0.1, 0.15) is 0 Å². The minimum Gasteiger partial charge on any atom is -0.0651 e. The molecule has 2 rings (SSSR count). The van der Waals surface area contributed by atoms with E-state index in [0.29, 0.717) is 0 Å². The third kappa shape index (κ3) is 3.19. The highest BCUT2D eigenvalue weighted by Crippen LogP contribution is 2.51. The van der Waals surface area contributed by atoms with Gasteiger partial charge in [-0.3, -0.25) is 0 Å². The van der Waals surface area contributed by atoms with Crippen LogP contribution in [0.5, 0.6) is 0 Å². The molecule has 0 heteroatoms. The van der Waals surface area contributed by atoms with Gasteiger partial charge in [-0.1, -0.05) is 48.0 Å². The van der Waals surface area contributed by atoms with Crippen LogP contribution in [0.4, 0.5) is 0 Å². The van der Waals surface area contributed by atoms with Crippen LogP contribution in [0, 0.1) is 47.3 Å². The Bertz CT molecular complexity index is 258. The number of rotatable bonds is 2. The van der Waals surface area contributed by atoms with E-state index in [9.17, 15) is 0 Å². The first-order valence-corrected chi connectivity index (χ1v) is 8.93. The zero-order valence-corrected chi connectivity index (χ0v) is 14.2. The largest absolute Gasteiger partial charge is 0.0651 e. The van der Waals surface area contributed by atoms with Gasteiger partial charge in [0.15, 0.2) is 0 Å². The van der Waals surface area contributed by atoms with Gasteiger partial charge in [-0.15, -0.1) is 0 Å². The quantitative estimate of drug-likeness (QED) is 0.572. The van der Waals surface area contributed by atoms with Crippen molar-refractivity contribution in [3.05, 3.63) is 0 Å². The van der Waals surface area contributed by atoms with E-state index in [1.165, 1.54) is 32.1 Å². The second-order valence-corrected chi connectivity index (χ2v) is 8.39. The third-order valence-corrected chi connectivity index (χ3v) is 6.61. The molecular weight excluding hydrogens is 228 g/mol. The normalized spacial score (nSPS) is 52.1. The zero-order valence-electron chi connectivity index (χ0n) is 14.2. The van der Waals surface area contributed by atoms with Crippen LogP contribution in [-0.4, -0.2) is 0 Å². The molecule has 19 heavy (non-hydrogen) atoms. The van der Waals surface area contributed by atoms with Crippen LogP contribution >= 0.6 is 0 Å². The minimum absolute atomic E-state index is 0.951. The molecule has 2 fully saturated rings. The fourth-order valence-corrected chi connectivity index (χ4v) is 6.11. The standard InChI is InChI=1S/C19H36/c1-7-17-10-15(5)19(16(6)11-17)18-13(3)8-12(2)9-14(18)4/h12-19H,7-11H2,1-6H3/t12?,13-,14+,15-,16+,17?,18?,19?. The van der Waals surface area contributed by atoms with E-state index < -0.39 is 0 Å². The van der Waals surface area contributed by atoms with E-state index in [0.717, 1.165) is 47.3 Å². The molecule has 2 saturated carbocycles. The molecular formula is C19H36. The van der Waals surface area contributed by atoms with Crippen LogP contribution in [0.3, 0.4) is 0 Å². The van der Waals surface area contributed by atoms with Gasteiger partial charge in [0.2, 0.25) is 0 Å². The Balaban J connectivity index is 2.11. The van der Waals surface area contributed by atoms with E-state index >= 15 is 0 Å². The van der Waals surface area contributed by atoms with E-state index in [1.807, 2.05) is 0 Å². The van der Waals surface area contributed by atoms with Crippen molar-refractivity contribution in [3.63, 3.8) is 0 Å². The van der Waals surface area contributed by atoms with Crippen molar-refractivity contribution < 1.29 is 0 Å². The van der Waals surface area contributed by atoms with Crippen LogP contribution < -0.4 is 0 Å². The topological polar surface area (TPSA) is 0 Å². The molecule has 0 aromatic carbocycles. The predicted octanol–water partition coefficient (Wildman–Crippen LogP) is 6.01. The van der Waals surface area contributed by atoms with Crippen molar-refractivity contribution in [2.24, 2.45) is 47.3 Å². The lowest BCUT2D eigenvalue weighted by Crippen LogP contribution is -2.43. The van der Waals surface area contributed by atoms with Gasteiger partial charge in [0.25, 0.3) is 0 Å². The second-order valence-electron chi connectivity index (χ2n) is 8.39. The summed E-state index contributed by atoms with van der Waals surface area (Å²) in [6.45, 7) is 15.0. The average Bonchev–Trinajstić information content (AvgIpc) is 2.31. The van der Waals surface area contributed by atoms with Crippen molar-refractivity contribution in [1.82, 2.24) is 0 Å². The number of hydrogen-bond acceptors (Lipinski definition) is 0. The summed E-state index contributed by atoms with van der Waals surface area (Å²) < 4.78 is 0. The van der Waals surface area contributed by atoms with Gasteiger partial charge in [0, 0.05) is 0 Å². The van der Waals surface area contributed by atoms with Crippen molar-refractivity contribution in [3.8, 4) is 0 Å². The molecule has 0 amide bonds. The van der Waals surface area contributed by atoms with Crippen molar-refractivity contribution in [2.45, 2.75) is 73.6 Å². The summed E-state index contributed by atoms with van der Waals surface area (Å²) in [6.07, 6.45) is 7.34. The van der Waals surface area contributed by atoms with E-state index in [4.69, 9.17) is 0 Å².